The van der Waals surface area contributed by atoms with E-state index in [0.717, 1.165) is 0 Å². The molecule has 1 aliphatic heterocycles. The average molecular weight is 520 g/mol. The molecule has 3 heterocycles. The Morgan fingerprint density at radius 2 is 1.73 bits per heavy atom. The van der Waals surface area contributed by atoms with Gasteiger partial charge in [-0.25, -0.2) is 24.5 Å². The van der Waals surface area contributed by atoms with Gasteiger partial charge in [0, 0.05) is 39.8 Å². The second-order valence-corrected chi connectivity index (χ2v) is 11.1. The zero-order valence-corrected chi connectivity index (χ0v) is 22.6. The molecule has 3 rings (SSSR count). The largest absolute Gasteiger partial charge is 0.481 e. The van der Waals surface area contributed by atoms with Crippen molar-refractivity contribution >= 4 is 35.1 Å². The number of fused-ring (bicyclic) bond motifs is 1. The molecule has 0 radical (unpaired) electrons. The third-order valence-corrected chi connectivity index (χ3v) is 5.54. The number of nitrogens with zero attached hydrogens (tertiary/aromatic N) is 7. The third-order valence-electron chi connectivity index (χ3n) is 5.54. The van der Waals surface area contributed by atoms with Gasteiger partial charge in [-0.3, -0.25) is 4.79 Å². The zero-order valence-electron chi connectivity index (χ0n) is 22.6. The first-order valence-corrected chi connectivity index (χ1v) is 12.2. The summed E-state index contributed by atoms with van der Waals surface area (Å²) in [6.07, 6.45) is 1.98. The fraction of sp³-hybridized carbons (Fsp3) is 0.667. The standard InChI is InChI=1S/C24H37N7O6/c1-23(2,3)36-21(34)28(7)12-16-13-29(22(35)37-24(4,5)6)10-11-31(16)20-18-19(25-14-26-20)30(15-27-18)9-8-17(32)33/h14-16H,8-13H2,1-7H3,(H,32,33). The Hall–Kier alpha value is -3.64. The molecule has 1 N–H and O–H groups in total. The summed E-state index contributed by atoms with van der Waals surface area (Å²) in [5.74, 6) is -0.370. The highest BCUT2D eigenvalue weighted by atomic mass is 16.6. The van der Waals surface area contributed by atoms with Gasteiger partial charge < -0.3 is 33.8 Å². The van der Waals surface area contributed by atoms with Crippen molar-refractivity contribution in [2.45, 2.75) is 71.8 Å². The van der Waals surface area contributed by atoms with Crippen molar-refractivity contribution in [3.8, 4) is 0 Å². The van der Waals surface area contributed by atoms with E-state index in [9.17, 15) is 14.4 Å². The number of imidazole rings is 1. The van der Waals surface area contributed by atoms with Crippen molar-refractivity contribution < 1.29 is 29.0 Å². The number of anilines is 1. The van der Waals surface area contributed by atoms with Crippen molar-refractivity contribution in [1.29, 1.82) is 0 Å². The molecule has 1 unspecified atom stereocenters. The predicted molar refractivity (Wildman–Crippen MR) is 135 cm³/mol. The summed E-state index contributed by atoms with van der Waals surface area (Å²) < 4.78 is 12.8. The van der Waals surface area contributed by atoms with E-state index in [4.69, 9.17) is 14.6 Å². The summed E-state index contributed by atoms with van der Waals surface area (Å²) in [6.45, 7) is 12.4. The van der Waals surface area contributed by atoms with Crippen LogP contribution in [0.2, 0.25) is 0 Å². The Balaban J connectivity index is 1.90. The van der Waals surface area contributed by atoms with Crippen LogP contribution in [0.1, 0.15) is 48.0 Å². The number of rotatable bonds is 6. The fourth-order valence-corrected chi connectivity index (χ4v) is 3.97. The molecular formula is C24H37N7O6. The van der Waals surface area contributed by atoms with Crippen LogP contribution in [-0.4, -0.2) is 103 Å². The van der Waals surface area contributed by atoms with E-state index in [1.54, 1.807) is 43.6 Å². The van der Waals surface area contributed by atoms with Gasteiger partial charge in [-0.05, 0) is 41.5 Å². The Morgan fingerprint density at radius 1 is 1.05 bits per heavy atom. The molecule has 0 aromatic carbocycles. The molecule has 0 spiro atoms. The summed E-state index contributed by atoms with van der Waals surface area (Å²) in [7, 11) is 1.65. The van der Waals surface area contributed by atoms with Crippen LogP contribution in [0.25, 0.3) is 11.2 Å². The number of aliphatic carboxylic acids is 1. The van der Waals surface area contributed by atoms with Crippen LogP contribution in [0, 0.1) is 0 Å². The number of likely N-dealkylation sites (N-methyl/N-ethyl adjacent to an activating group) is 1. The number of carboxylic acids is 1. The Kier molecular flexibility index (Phi) is 8.13. The lowest BCUT2D eigenvalue weighted by Crippen LogP contribution is -2.59. The van der Waals surface area contributed by atoms with E-state index in [1.165, 1.54) is 11.2 Å². The summed E-state index contributed by atoms with van der Waals surface area (Å²) in [5, 5.41) is 9.06. The maximum Gasteiger partial charge on any atom is 0.410 e. The Bertz CT molecular complexity index is 1130. The van der Waals surface area contributed by atoms with E-state index < -0.39 is 29.4 Å². The number of hydrogen-bond acceptors (Lipinski definition) is 9. The van der Waals surface area contributed by atoms with Crippen LogP contribution in [0.5, 0.6) is 0 Å². The normalized spacial score (nSPS) is 16.6. The molecule has 13 heteroatoms. The van der Waals surface area contributed by atoms with Crippen molar-refractivity contribution in [2.75, 3.05) is 38.1 Å². The van der Waals surface area contributed by atoms with Gasteiger partial charge in [-0.15, -0.1) is 0 Å². The van der Waals surface area contributed by atoms with Crippen LogP contribution in [-0.2, 0) is 20.8 Å². The van der Waals surface area contributed by atoms with Crippen molar-refractivity contribution in [3.05, 3.63) is 12.7 Å². The number of hydrogen-bond donors (Lipinski definition) is 1. The molecule has 1 fully saturated rings. The number of carbonyl (C=O) groups excluding carboxylic acids is 2. The first-order valence-electron chi connectivity index (χ1n) is 12.2. The molecule has 1 atom stereocenters. The van der Waals surface area contributed by atoms with Gasteiger partial charge in [0.1, 0.15) is 17.5 Å². The molecule has 2 amide bonds. The van der Waals surface area contributed by atoms with Crippen molar-refractivity contribution in [1.82, 2.24) is 29.3 Å². The fourth-order valence-electron chi connectivity index (χ4n) is 3.97. The topological polar surface area (TPSA) is 143 Å². The third kappa shape index (κ3) is 7.43. The molecule has 204 valence electrons. The van der Waals surface area contributed by atoms with Gasteiger partial charge >= 0.3 is 18.2 Å². The Labute approximate surface area is 216 Å². The van der Waals surface area contributed by atoms with Gasteiger partial charge in [-0.2, -0.15) is 0 Å². The molecule has 2 aromatic rings. The van der Waals surface area contributed by atoms with E-state index in [2.05, 4.69) is 15.0 Å². The number of ether oxygens (including phenoxy) is 2. The molecule has 1 aliphatic rings. The van der Waals surface area contributed by atoms with Crippen molar-refractivity contribution in [2.24, 2.45) is 0 Å². The number of aromatic nitrogens is 4. The summed E-state index contributed by atoms with van der Waals surface area (Å²) in [5.41, 5.74) is -0.260. The number of carboxylic acid groups (broad SMARTS) is 1. The highest BCUT2D eigenvalue weighted by Gasteiger charge is 2.35. The quantitative estimate of drug-likeness (QED) is 0.605. The minimum absolute atomic E-state index is 0.0668. The molecule has 13 nitrogen and oxygen atoms in total. The zero-order chi connectivity index (χ0) is 27.5. The number of amides is 2. The molecule has 0 aliphatic carbocycles. The maximum absolute atomic E-state index is 12.8. The highest BCUT2D eigenvalue weighted by Crippen LogP contribution is 2.27. The maximum atomic E-state index is 12.8. The van der Waals surface area contributed by atoms with E-state index >= 15 is 0 Å². The first kappa shape index (κ1) is 27.9. The van der Waals surface area contributed by atoms with Crippen LogP contribution in [0.15, 0.2) is 12.7 Å². The van der Waals surface area contributed by atoms with Gasteiger partial charge in [-0.1, -0.05) is 0 Å². The SMILES string of the molecule is CN(CC1CN(C(=O)OC(C)(C)C)CCN1c1ncnc2c1ncn2CCC(=O)O)C(=O)OC(C)(C)C. The molecule has 2 aromatic heterocycles. The van der Waals surface area contributed by atoms with Gasteiger partial charge in [0.15, 0.2) is 17.0 Å². The van der Waals surface area contributed by atoms with E-state index in [0.29, 0.717) is 30.1 Å². The smallest absolute Gasteiger partial charge is 0.410 e. The van der Waals surface area contributed by atoms with E-state index in [1.807, 2.05) is 25.7 Å². The summed E-state index contributed by atoms with van der Waals surface area (Å²) >= 11 is 0. The lowest BCUT2D eigenvalue weighted by Gasteiger charge is -2.43. The monoisotopic (exact) mass is 519 g/mol. The minimum atomic E-state index is -0.917. The van der Waals surface area contributed by atoms with Gasteiger partial charge in [0.2, 0.25) is 0 Å². The second-order valence-electron chi connectivity index (χ2n) is 11.1. The van der Waals surface area contributed by atoms with Crippen LogP contribution in [0.3, 0.4) is 0 Å². The van der Waals surface area contributed by atoms with Crippen LogP contribution < -0.4 is 4.90 Å². The van der Waals surface area contributed by atoms with Gasteiger partial charge in [0.05, 0.1) is 18.8 Å². The highest BCUT2D eigenvalue weighted by molar-refractivity contribution is 5.84. The average Bonchev–Trinajstić information content (AvgIpc) is 3.18. The molecule has 0 saturated carbocycles. The molecule has 1 saturated heterocycles. The summed E-state index contributed by atoms with van der Waals surface area (Å²) in [4.78, 5) is 55.0. The molecule has 37 heavy (non-hydrogen) atoms. The number of carbonyl (C=O) groups is 3. The number of aryl methyl sites for hydroxylation is 1. The van der Waals surface area contributed by atoms with Crippen LogP contribution >= 0.6 is 0 Å². The molecule has 0 bridgehead atoms. The second kappa shape index (κ2) is 10.8. The van der Waals surface area contributed by atoms with E-state index in [-0.39, 0.29) is 32.1 Å². The lowest BCUT2D eigenvalue weighted by atomic mass is 10.1. The first-order chi connectivity index (χ1) is 17.1. The minimum Gasteiger partial charge on any atom is -0.481 e. The summed E-state index contributed by atoms with van der Waals surface area (Å²) in [6, 6.07) is -0.346. The van der Waals surface area contributed by atoms with Crippen LogP contribution in [0.4, 0.5) is 15.4 Å². The number of piperazine rings is 1. The Morgan fingerprint density at radius 3 is 2.35 bits per heavy atom. The van der Waals surface area contributed by atoms with Crippen molar-refractivity contribution in [3.63, 3.8) is 0 Å². The molecular weight excluding hydrogens is 482 g/mol. The van der Waals surface area contributed by atoms with Gasteiger partial charge in [0.25, 0.3) is 0 Å². The predicted octanol–water partition coefficient (Wildman–Crippen LogP) is 2.59. The lowest BCUT2D eigenvalue weighted by molar-refractivity contribution is -0.137.